The van der Waals surface area contributed by atoms with Crippen molar-refractivity contribution in [3.05, 3.63) is 65.9 Å². The van der Waals surface area contributed by atoms with Crippen molar-refractivity contribution in [3.8, 4) is 5.75 Å². The summed E-state index contributed by atoms with van der Waals surface area (Å²) in [6.07, 6.45) is 1.56. The summed E-state index contributed by atoms with van der Waals surface area (Å²) in [4.78, 5) is 16.3. The topological polar surface area (TPSA) is 62.2 Å². The largest absolute Gasteiger partial charge is 0.507 e. The van der Waals surface area contributed by atoms with Gasteiger partial charge in [-0.2, -0.15) is 0 Å². The number of carbonyl (C=O) groups excluding carboxylic acids is 1. The number of nitrogens with zero attached hydrogens (tertiary/aromatic N) is 1. The van der Waals surface area contributed by atoms with Crippen molar-refractivity contribution < 1.29 is 18.7 Å². The Bertz CT molecular complexity index is 853. The number of hydrogen-bond donors (Lipinski definition) is 2. The molecule has 1 aromatic heterocycles. The van der Waals surface area contributed by atoms with Crippen LogP contribution >= 0.6 is 0 Å². The minimum Gasteiger partial charge on any atom is -0.507 e. The maximum absolute atomic E-state index is 13.7. The number of aromatic hydroxyl groups is 1. The van der Waals surface area contributed by atoms with E-state index in [0.717, 1.165) is 5.39 Å². The molecule has 0 fully saturated rings. The van der Waals surface area contributed by atoms with E-state index in [1.807, 2.05) is 12.1 Å². The van der Waals surface area contributed by atoms with Crippen LogP contribution in [0.25, 0.3) is 10.9 Å². The summed E-state index contributed by atoms with van der Waals surface area (Å²) in [7, 11) is 0. The number of fused-ring (bicyclic) bond motifs is 1. The molecule has 0 radical (unpaired) electrons. The SMILES string of the molecule is O=C(Nc1cccc2cccnc12)c1c(O)cc(F)cc1F. The molecule has 0 unspecified atom stereocenters. The molecule has 0 atom stereocenters. The molecule has 3 aromatic rings. The van der Waals surface area contributed by atoms with Crippen LogP contribution in [0.1, 0.15) is 10.4 Å². The Balaban J connectivity index is 2.01. The third-order valence-electron chi connectivity index (χ3n) is 3.14. The number of amides is 1. The highest BCUT2D eigenvalue weighted by Gasteiger charge is 2.19. The first kappa shape index (κ1) is 13.9. The van der Waals surface area contributed by atoms with Gasteiger partial charge in [0, 0.05) is 23.7 Å². The average molecular weight is 300 g/mol. The number of pyridine rings is 1. The van der Waals surface area contributed by atoms with Gasteiger partial charge in [-0.3, -0.25) is 9.78 Å². The summed E-state index contributed by atoms with van der Waals surface area (Å²) >= 11 is 0. The van der Waals surface area contributed by atoms with Gasteiger partial charge in [0.25, 0.3) is 5.91 Å². The van der Waals surface area contributed by atoms with Gasteiger partial charge in [-0.05, 0) is 12.1 Å². The predicted octanol–water partition coefficient (Wildman–Crippen LogP) is 3.47. The number of hydrogen-bond acceptors (Lipinski definition) is 3. The van der Waals surface area contributed by atoms with Crippen molar-refractivity contribution in [1.29, 1.82) is 0 Å². The van der Waals surface area contributed by atoms with E-state index in [4.69, 9.17) is 0 Å². The van der Waals surface area contributed by atoms with Crippen molar-refractivity contribution in [1.82, 2.24) is 4.98 Å². The molecule has 6 heteroatoms. The molecule has 22 heavy (non-hydrogen) atoms. The van der Waals surface area contributed by atoms with Crippen molar-refractivity contribution >= 4 is 22.5 Å². The Morgan fingerprint density at radius 3 is 2.68 bits per heavy atom. The van der Waals surface area contributed by atoms with Gasteiger partial charge in [0.05, 0.1) is 11.2 Å². The summed E-state index contributed by atoms with van der Waals surface area (Å²) in [6.45, 7) is 0. The average Bonchev–Trinajstić information content (AvgIpc) is 2.46. The van der Waals surface area contributed by atoms with E-state index >= 15 is 0 Å². The van der Waals surface area contributed by atoms with Gasteiger partial charge >= 0.3 is 0 Å². The van der Waals surface area contributed by atoms with Gasteiger partial charge in [0.15, 0.2) is 0 Å². The lowest BCUT2D eigenvalue weighted by Gasteiger charge is -2.09. The van der Waals surface area contributed by atoms with Crippen LogP contribution in [0, 0.1) is 11.6 Å². The number of para-hydroxylation sites is 1. The number of phenols is 1. The molecule has 1 heterocycles. The van der Waals surface area contributed by atoms with Gasteiger partial charge in [-0.25, -0.2) is 8.78 Å². The van der Waals surface area contributed by atoms with Crippen LogP contribution in [-0.4, -0.2) is 16.0 Å². The zero-order valence-electron chi connectivity index (χ0n) is 11.2. The number of aromatic nitrogens is 1. The zero-order valence-corrected chi connectivity index (χ0v) is 11.2. The number of halogens is 2. The summed E-state index contributed by atoms with van der Waals surface area (Å²) in [5.41, 5.74) is 0.279. The highest BCUT2D eigenvalue weighted by molar-refractivity contribution is 6.09. The number of rotatable bonds is 2. The van der Waals surface area contributed by atoms with E-state index in [9.17, 15) is 18.7 Å². The second kappa shape index (κ2) is 5.40. The molecule has 0 aliphatic carbocycles. The molecule has 0 aliphatic heterocycles. The van der Waals surface area contributed by atoms with Gasteiger partial charge in [-0.1, -0.05) is 18.2 Å². The molecular formula is C16H10F2N2O2. The number of phenolic OH excluding ortho intramolecular Hbond substituents is 1. The maximum atomic E-state index is 13.7. The molecule has 0 saturated carbocycles. The fraction of sp³-hybridized carbons (Fsp3) is 0. The predicted molar refractivity (Wildman–Crippen MR) is 77.7 cm³/mol. The number of nitrogens with one attached hydrogen (secondary N) is 1. The van der Waals surface area contributed by atoms with Crippen LogP contribution in [0.15, 0.2) is 48.7 Å². The van der Waals surface area contributed by atoms with Gasteiger partial charge < -0.3 is 10.4 Å². The van der Waals surface area contributed by atoms with Gasteiger partial charge in [0.2, 0.25) is 0 Å². The molecule has 2 aromatic carbocycles. The van der Waals surface area contributed by atoms with E-state index in [1.165, 1.54) is 0 Å². The molecule has 110 valence electrons. The maximum Gasteiger partial charge on any atom is 0.262 e. The van der Waals surface area contributed by atoms with Crippen molar-refractivity contribution in [3.63, 3.8) is 0 Å². The highest BCUT2D eigenvalue weighted by atomic mass is 19.1. The lowest BCUT2D eigenvalue weighted by atomic mass is 10.1. The second-order valence-electron chi connectivity index (χ2n) is 4.62. The third kappa shape index (κ3) is 2.46. The molecular weight excluding hydrogens is 290 g/mol. The standard InChI is InChI=1S/C16H10F2N2O2/c17-10-7-11(18)14(13(21)8-10)16(22)20-12-5-1-3-9-4-2-6-19-15(9)12/h1-8,21H,(H,20,22). The number of anilines is 1. The van der Waals surface area contributed by atoms with Crippen molar-refractivity contribution in [2.45, 2.75) is 0 Å². The highest BCUT2D eigenvalue weighted by Crippen LogP contribution is 2.25. The summed E-state index contributed by atoms with van der Waals surface area (Å²) in [6, 6.07) is 9.91. The monoisotopic (exact) mass is 300 g/mol. The zero-order chi connectivity index (χ0) is 15.7. The summed E-state index contributed by atoms with van der Waals surface area (Å²) in [5, 5.41) is 12.9. The minimum absolute atomic E-state index is 0.367. The summed E-state index contributed by atoms with van der Waals surface area (Å²) in [5.74, 6) is -3.74. The van der Waals surface area contributed by atoms with E-state index < -0.39 is 28.9 Å². The van der Waals surface area contributed by atoms with E-state index in [-0.39, 0.29) is 0 Å². The Morgan fingerprint density at radius 1 is 1.14 bits per heavy atom. The van der Waals surface area contributed by atoms with Gasteiger partial charge in [0.1, 0.15) is 22.9 Å². The van der Waals surface area contributed by atoms with Crippen LogP contribution in [0.4, 0.5) is 14.5 Å². The molecule has 3 rings (SSSR count). The fourth-order valence-electron chi connectivity index (χ4n) is 2.17. The van der Waals surface area contributed by atoms with E-state index in [1.54, 1.807) is 24.4 Å². The summed E-state index contributed by atoms with van der Waals surface area (Å²) < 4.78 is 26.7. The second-order valence-corrected chi connectivity index (χ2v) is 4.62. The molecule has 0 bridgehead atoms. The smallest absolute Gasteiger partial charge is 0.262 e. The van der Waals surface area contributed by atoms with Crippen LogP contribution in [-0.2, 0) is 0 Å². The molecule has 0 aliphatic rings. The molecule has 0 spiro atoms. The number of benzene rings is 2. The van der Waals surface area contributed by atoms with Crippen molar-refractivity contribution in [2.75, 3.05) is 5.32 Å². The molecule has 2 N–H and O–H groups in total. The van der Waals surface area contributed by atoms with Crippen molar-refractivity contribution in [2.24, 2.45) is 0 Å². The van der Waals surface area contributed by atoms with Crippen LogP contribution in [0.5, 0.6) is 5.75 Å². The quantitative estimate of drug-likeness (QED) is 0.761. The molecule has 0 saturated heterocycles. The fourth-order valence-corrected chi connectivity index (χ4v) is 2.17. The first-order valence-corrected chi connectivity index (χ1v) is 6.39. The molecule has 1 amide bonds. The Kier molecular flexibility index (Phi) is 3.42. The first-order chi connectivity index (χ1) is 10.6. The first-order valence-electron chi connectivity index (χ1n) is 6.39. The Hall–Kier alpha value is -3.02. The van der Waals surface area contributed by atoms with Crippen LogP contribution in [0.2, 0.25) is 0 Å². The lowest BCUT2D eigenvalue weighted by Crippen LogP contribution is -2.14. The van der Waals surface area contributed by atoms with E-state index in [0.29, 0.717) is 23.3 Å². The number of carbonyl (C=O) groups is 1. The van der Waals surface area contributed by atoms with Crippen LogP contribution in [0.3, 0.4) is 0 Å². The normalized spacial score (nSPS) is 10.6. The molecule has 4 nitrogen and oxygen atoms in total. The van der Waals surface area contributed by atoms with Gasteiger partial charge in [-0.15, -0.1) is 0 Å². The Morgan fingerprint density at radius 2 is 1.91 bits per heavy atom. The van der Waals surface area contributed by atoms with Crippen LogP contribution < -0.4 is 5.32 Å². The Labute approximate surface area is 124 Å². The van der Waals surface area contributed by atoms with E-state index in [2.05, 4.69) is 10.3 Å². The minimum atomic E-state index is -1.14. The lowest BCUT2D eigenvalue weighted by molar-refractivity contribution is 0.102. The third-order valence-corrected chi connectivity index (χ3v) is 3.14.